The fraction of sp³-hybridized carbons (Fsp3) is 0.158. The Morgan fingerprint density at radius 2 is 2.04 bits per heavy atom. The van der Waals surface area contributed by atoms with E-state index in [0.717, 1.165) is 5.56 Å². The molecule has 144 valence electrons. The lowest BCUT2D eigenvalue weighted by Crippen LogP contribution is -2.07. The van der Waals surface area contributed by atoms with Gasteiger partial charge in [-0.2, -0.15) is 5.10 Å². The minimum absolute atomic E-state index is 0.135. The van der Waals surface area contributed by atoms with Crippen molar-refractivity contribution >= 4 is 34.6 Å². The number of aryl methyl sites for hydroxylation is 1. The van der Waals surface area contributed by atoms with Gasteiger partial charge in [-0.15, -0.1) is 0 Å². The lowest BCUT2D eigenvalue weighted by Gasteiger charge is -2.02. The van der Waals surface area contributed by atoms with Gasteiger partial charge in [-0.25, -0.2) is 14.6 Å². The zero-order valence-electron chi connectivity index (χ0n) is 15.2. The molecule has 2 aromatic heterocycles. The Hall–Kier alpha value is -3.46. The van der Waals surface area contributed by atoms with Gasteiger partial charge in [0.25, 0.3) is 0 Å². The second kappa shape index (κ2) is 8.96. The molecule has 0 saturated heterocycles. The summed E-state index contributed by atoms with van der Waals surface area (Å²) in [4.78, 5) is 28.3. The summed E-state index contributed by atoms with van der Waals surface area (Å²) >= 11 is 1.17. The Kier molecular flexibility index (Phi) is 6.18. The van der Waals surface area contributed by atoms with Gasteiger partial charge in [-0.1, -0.05) is 11.3 Å². The first-order valence-electron chi connectivity index (χ1n) is 8.36. The fourth-order valence-corrected chi connectivity index (χ4v) is 2.98. The number of furan rings is 1. The van der Waals surface area contributed by atoms with Gasteiger partial charge in [0.1, 0.15) is 10.6 Å². The number of hydrogen-bond donors (Lipinski definition) is 1. The SMILES string of the molecule is CCOC(=O)c1sc(N/N=C/c2ccc(OC(=O)c3ccco3)cc2)nc1C. The number of benzene rings is 1. The second-order valence-corrected chi connectivity index (χ2v) is 6.46. The number of rotatable bonds is 7. The highest BCUT2D eigenvalue weighted by molar-refractivity contribution is 7.17. The maximum absolute atomic E-state index is 11.8. The van der Waals surface area contributed by atoms with Crippen molar-refractivity contribution in [2.45, 2.75) is 13.8 Å². The van der Waals surface area contributed by atoms with E-state index in [-0.39, 0.29) is 5.76 Å². The van der Waals surface area contributed by atoms with Crippen molar-refractivity contribution in [1.29, 1.82) is 0 Å². The molecule has 2 heterocycles. The molecular formula is C19H17N3O5S. The van der Waals surface area contributed by atoms with E-state index in [1.165, 1.54) is 23.7 Å². The van der Waals surface area contributed by atoms with Crippen molar-refractivity contribution in [2.75, 3.05) is 12.0 Å². The highest BCUT2D eigenvalue weighted by Gasteiger charge is 2.16. The first kappa shape index (κ1) is 19.3. The van der Waals surface area contributed by atoms with E-state index in [1.807, 2.05) is 0 Å². The van der Waals surface area contributed by atoms with E-state index in [1.54, 1.807) is 50.4 Å². The molecule has 0 aliphatic rings. The van der Waals surface area contributed by atoms with Crippen LogP contribution in [0.3, 0.4) is 0 Å². The minimum Gasteiger partial charge on any atom is -0.462 e. The average molecular weight is 399 g/mol. The molecule has 3 aromatic rings. The van der Waals surface area contributed by atoms with E-state index in [0.29, 0.717) is 28.1 Å². The van der Waals surface area contributed by atoms with Crippen LogP contribution in [0.2, 0.25) is 0 Å². The third-order valence-corrected chi connectivity index (χ3v) is 4.49. The van der Waals surface area contributed by atoms with E-state index in [4.69, 9.17) is 13.9 Å². The van der Waals surface area contributed by atoms with Crippen LogP contribution in [0.25, 0.3) is 0 Å². The Morgan fingerprint density at radius 3 is 2.71 bits per heavy atom. The van der Waals surface area contributed by atoms with Crippen LogP contribution in [0.15, 0.2) is 52.2 Å². The van der Waals surface area contributed by atoms with Gasteiger partial charge in [-0.05, 0) is 55.8 Å². The second-order valence-electron chi connectivity index (χ2n) is 5.46. The van der Waals surface area contributed by atoms with Crippen molar-refractivity contribution in [3.05, 3.63) is 64.6 Å². The van der Waals surface area contributed by atoms with Gasteiger partial charge >= 0.3 is 11.9 Å². The summed E-state index contributed by atoms with van der Waals surface area (Å²) in [5.74, 6) is -0.434. The van der Waals surface area contributed by atoms with Gasteiger partial charge in [0, 0.05) is 0 Å². The maximum Gasteiger partial charge on any atom is 0.379 e. The van der Waals surface area contributed by atoms with Gasteiger partial charge in [0.2, 0.25) is 10.9 Å². The molecule has 0 atom stereocenters. The van der Waals surface area contributed by atoms with Crippen LogP contribution < -0.4 is 10.2 Å². The summed E-state index contributed by atoms with van der Waals surface area (Å²) in [6, 6.07) is 9.93. The zero-order valence-corrected chi connectivity index (χ0v) is 16.0. The molecule has 28 heavy (non-hydrogen) atoms. The van der Waals surface area contributed by atoms with Crippen molar-refractivity contribution < 1.29 is 23.5 Å². The van der Waals surface area contributed by atoms with Crippen LogP contribution in [0.1, 0.15) is 38.4 Å². The van der Waals surface area contributed by atoms with Crippen LogP contribution in [0.4, 0.5) is 5.13 Å². The minimum atomic E-state index is -0.565. The lowest BCUT2D eigenvalue weighted by atomic mass is 10.2. The number of hydrazone groups is 1. The molecule has 0 aliphatic heterocycles. The maximum atomic E-state index is 11.8. The van der Waals surface area contributed by atoms with E-state index in [2.05, 4.69) is 15.5 Å². The molecule has 0 fully saturated rings. The lowest BCUT2D eigenvalue weighted by molar-refractivity contribution is 0.0530. The van der Waals surface area contributed by atoms with Gasteiger partial charge < -0.3 is 13.9 Å². The summed E-state index contributed by atoms with van der Waals surface area (Å²) in [5.41, 5.74) is 4.16. The normalized spacial score (nSPS) is 10.8. The van der Waals surface area contributed by atoms with Gasteiger partial charge in [-0.3, -0.25) is 5.43 Å². The number of nitrogens with one attached hydrogen (secondary N) is 1. The predicted molar refractivity (Wildman–Crippen MR) is 104 cm³/mol. The Labute approximate surface area is 164 Å². The summed E-state index contributed by atoms with van der Waals surface area (Å²) in [7, 11) is 0. The molecule has 0 radical (unpaired) electrons. The van der Waals surface area contributed by atoms with Crippen LogP contribution in [0, 0.1) is 6.92 Å². The highest BCUT2D eigenvalue weighted by Crippen LogP contribution is 2.23. The zero-order chi connectivity index (χ0) is 19.9. The molecule has 0 spiro atoms. The van der Waals surface area contributed by atoms with Gasteiger partial charge in [0.15, 0.2) is 0 Å². The molecule has 0 unspecified atom stereocenters. The van der Waals surface area contributed by atoms with Crippen LogP contribution in [-0.4, -0.2) is 29.7 Å². The van der Waals surface area contributed by atoms with E-state index < -0.39 is 11.9 Å². The molecule has 0 bridgehead atoms. The standard InChI is InChI=1S/C19H17N3O5S/c1-3-25-18(24)16-12(2)21-19(28-16)22-20-11-13-6-8-14(9-7-13)27-17(23)15-5-4-10-26-15/h4-11H,3H2,1-2H3,(H,21,22)/b20-11+. The van der Waals surface area contributed by atoms with Crippen LogP contribution in [-0.2, 0) is 4.74 Å². The first-order valence-corrected chi connectivity index (χ1v) is 9.18. The molecule has 3 rings (SSSR count). The summed E-state index contributed by atoms with van der Waals surface area (Å²) < 4.78 is 15.2. The number of anilines is 1. The molecule has 0 aliphatic carbocycles. The number of carbonyl (C=O) groups is 2. The topological polar surface area (TPSA) is 103 Å². The number of hydrogen-bond acceptors (Lipinski definition) is 9. The summed E-state index contributed by atoms with van der Waals surface area (Å²) in [6.07, 6.45) is 2.99. The van der Waals surface area contributed by atoms with Crippen molar-refractivity contribution in [3.8, 4) is 5.75 Å². The first-order chi connectivity index (χ1) is 13.6. The van der Waals surface area contributed by atoms with E-state index >= 15 is 0 Å². The van der Waals surface area contributed by atoms with Crippen molar-refractivity contribution in [3.63, 3.8) is 0 Å². The van der Waals surface area contributed by atoms with Crippen LogP contribution >= 0.6 is 11.3 Å². The smallest absolute Gasteiger partial charge is 0.379 e. The molecule has 1 N–H and O–H groups in total. The predicted octanol–water partition coefficient (Wildman–Crippen LogP) is 3.89. The number of aromatic nitrogens is 1. The number of esters is 2. The Bertz CT molecular complexity index is 978. The number of ether oxygens (including phenoxy) is 2. The number of nitrogens with zero attached hydrogens (tertiary/aromatic N) is 2. The number of carbonyl (C=O) groups excluding carboxylic acids is 2. The van der Waals surface area contributed by atoms with E-state index in [9.17, 15) is 9.59 Å². The highest BCUT2D eigenvalue weighted by atomic mass is 32.1. The summed E-state index contributed by atoms with van der Waals surface area (Å²) in [5, 5.41) is 4.59. The average Bonchev–Trinajstić information content (AvgIpc) is 3.33. The van der Waals surface area contributed by atoms with Gasteiger partial charge in [0.05, 0.1) is 24.8 Å². The Morgan fingerprint density at radius 1 is 1.25 bits per heavy atom. The molecule has 1 aromatic carbocycles. The fourth-order valence-electron chi connectivity index (χ4n) is 2.17. The molecule has 9 heteroatoms. The molecular weight excluding hydrogens is 382 g/mol. The Balaban J connectivity index is 1.57. The monoisotopic (exact) mass is 399 g/mol. The summed E-state index contributed by atoms with van der Waals surface area (Å²) in [6.45, 7) is 3.80. The number of thiazole rings is 1. The van der Waals surface area contributed by atoms with Crippen molar-refractivity contribution in [1.82, 2.24) is 4.98 Å². The largest absolute Gasteiger partial charge is 0.462 e. The van der Waals surface area contributed by atoms with Crippen LogP contribution in [0.5, 0.6) is 5.75 Å². The quantitative estimate of drug-likeness (QED) is 0.278. The van der Waals surface area contributed by atoms with Crippen molar-refractivity contribution in [2.24, 2.45) is 5.10 Å². The third kappa shape index (κ3) is 4.83. The molecule has 0 saturated carbocycles. The molecule has 0 amide bonds. The third-order valence-electron chi connectivity index (χ3n) is 3.44. The molecule has 8 nitrogen and oxygen atoms in total.